The van der Waals surface area contributed by atoms with Gasteiger partial charge in [-0.1, -0.05) is 12.1 Å². The first kappa shape index (κ1) is 18.7. The van der Waals surface area contributed by atoms with Crippen molar-refractivity contribution in [3.8, 4) is 0 Å². The van der Waals surface area contributed by atoms with Gasteiger partial charge in [0.15, 0.2) is 0 Å². The standard InChI is InChI=1S/C15H22N2OS2.ClH/c1-16-8-9-17(2)14(18)12-4-6-13(7-5-12)15-19-10-3-11-20-15;/h4-7,15-16H,3,8-11H2,1-2H3;1H. The Kier molecular flexibility index (Phi) is 8.56. The Morgan fingerprint density at radius 2 is 1.90 bits per heavy atom. The van der Waals surface area contributed by atoms with E-state index in [1.54, 1.807) is 4.90 Å². The molecule has 1 aromatic rings. The highest BCUT2D eigenvalue weighted by Gasteiger charge is 2.17. The Bertz CT molecular complexity index is 436. The van der Waals surface area contributed by atoms with E-state index in [2.05, 4.69) is 17.4 Å². The van der Waals surface area contributed by atoms with Gasteiger partial charge in [0, 0.05) is 25.7 Å². The van der Waals surface area contributed by atoms with Gasteiger partial charge in [0.05, 0.1) is 4.58 Å². The number of likely N-dealkylation sites (N-methyl/N-ethyl adjacent to an activating group) is 2. The van der Waals surface area contributed by atoms with Crippen molar-refractivity contribution < 1.29 is 4.79 Å². The molecule has 1 aliphatic rings. The van der Waals surface area contributed by atoms with Crippen LogP contribution in [-0.2, 0) is 0 Å². The van der Waals surface area contributed by atoms with Gasteiger partial charge in [-0.05, 0) is 42.7 Å². The lowest BCUT2D eigenvalue weighted by Crippen LogP contribution is -2.32. The van der Waals surface area contributed by atoms with Gasteiger partial charge < -0.3 is 10.2 Å². The third-order valence-corrected chi connectivity index (χ3v) is 6.32. The number of rotatable bonds is 5. The summed E-state index contributed by atoms with van der Waals surface area (Å²) in [5, 5.41) is 3.06. The molecule has 0 saturated carbocycles. The van der Waals surface area contributed by atoms with E-state index in [4.69, 9.17) is 0 Å². The molecule has 1 aliphatic heterocycles. The van der Waals surface area contributed by atoms with Crippen molar-refractivity contribution in [3.63, 3.8) is 0 Å². The number of halogens is 1. The van der Waals surface area contributed by atoms with Crippen molar-refractivity contribution in [1.82, 2.24) is 10.2 Å². The molecular weight excluding hydrogens is 324 g/mol. The second-order valence-corrected chi connectivity index (χ2v) is 7.60. The Morgan fingerprint density at radius 1 is 1.29 bits per heavy atom. The molecule has 1 saturated heterocycles. The first-order valence-electron chi connectivity index (χ1n) is 6.95. The molecule has 0 radical (unpaired) electrons. The summed E-state index contributed by atoms with van der Waals surface area (Å²) in [6.07, 6.45) is 1.30. The largest absolute Gasteiger partial charge is 0.340 e. The predicted molar refractivity (Wildman–Crippen MR) is 96.9 cm³/mol. The monoisotopic (exact) mass is 346 g/mol. The van der Waals surface area contributed by atoms with Gasteiger partial charge in [-0.15, -0.1) is 35.9 Å². The van der Waals surface area contributed by atoms with E-state index in [0.717, 1.165) is 18.7 Å². The molecule has 0 unspecified atom stereocenters. The fourth-order valence-electron chi connectivity index (χ4n) is 2.06. The zero-order valence-corrected chi connectivity index (χ0v) is 15.0. The Morgan fingerprint density at radius 3 is 2.48 bits per heavy atom. The van der Waals surface area contributed by atoms with Gasteiger partial charge >= 0.3 is 0 Å². The van der Waals surface area contributed by atoms with Crippen molar-refractivity contribution in [2.75, 3.05) is 38.7 Å². The fraction of sp³-hybridized carbons (Fsp3) is 0.533. The van der Waals surface area contributed by atoms with Crippen LogP contribution in [0.5, 0.6) is 0 Å². The molecule has 6 heteroatoms. The second-order valence-electron chi connectivity index (χ2n) is 4.88. The average molecular weight is 347 g/mol. The molecule has 1 aromatic carbocycles. The fourth-order valence-corrected chi connectivity index (χ4v) is 4.96. The van der Waals surface area contributed by atoms with Crippen LogP contribution in [-0.4, -0.2) is 49.5 Å². The van der Waals surface area contributed by atoms with Crippen LogP contribution in [0.1, 0.15) is 26.9 Å². The van der Waals surface area contributed by atoms with Gasteiger partial charge in [-0.2, -0.15) is 0 Å². The van der Waals surface area contributed by atoms with E-state index in [1.165, 1.54) is 23.5 Å². The number of hydrogen-bond donors (Lipinski definition) is 1. The van der Waals surface area contributed by atoms with Crippen molar-refractivity contribution in [2.45, 2.75) is 11.0 Å². The Hall–Kier alpha value is -0.360. The lowest BCUT2D eigenvalue weighted by Gasteiger charge is -2.22. The third-order valence-electron chi connectivity index (χ3n) is 3.30. The smallest absolute Gasteiger partial charge is 0.253 e. The minimum Gasteiger partial charge on any atom is -0.340 e. The van der Waals surface area contributed by atoms with E-state index in [0.29, 0.717) is 4.58 Å². The predicted octanol–water partition coefficient (Wildman–Crippen LogP) is 3.27. The summed E-state index contributed by atoms with van der Waals surface area (Å²) in [7, 11) is 3.74. The summed E-state index contributed by atoms with van der Waals surface area (Å²) in [6.45, 7) is 1.54. The van der Waals surface area contributed by atoms with E-state index in [1.807, 2.05) is 49.8 Å². The number of benzene rings is 1. The highest BCUT2D eigenvalue weighted by molar-refractivity contribution is 8.16. The molecule has 3 nitrogen and oxygen atoms in total. The molecule has 1 fully saturated rings. The van der Waals surface area contributed by atoms with Crippen LogP contribution in [0.4, 0.5) is 0 Å². The van der Waals surface area contributed by atoms with Crippen LogP contribution >= 0.6 is 35.9 Å². The molecule has 2 rings (SSSR count). The van der Waals surface area contributed by atoms with E-state index < -0.39 is 0 Å². The summed E-state index contributed by atoms with van der Waals surface area (Å²) in [6, 6.07) is 8.14. The molecule has 1 amide bonds. The van der Waals surface area contributed by atoms with Crippen LogP contribution < -0.4 is 5.32 Å². The summed E-state index contributed by atoms with van der Waals surface area (Å²) >= 11 is 4.01. The maximum atomic E-state index is 12.2. The first-order valence-corrected chi connectivity index (χ1v) is 9.05. The number of carbonyl (C=O) groups excluding carboxylic acids is 1. The lowest BCUT2D eigenvalue weighted by molar-refractivity contribution is 0.0797. The minimum atomic E-state index is 0. The SMILES string of the molecule is CNCCN(C)C(=O)c1ccc(C2SCCCS2)cc1.Cl. The van der Waals surface area contributed by atoms with Crippen molar-refractivity contribution in [3.05, 3.63) is 35.4 Å². The van der Waals surface area contributed by atoms with Crippen LogP contribution in [0.15, 0.2) is 24.3 Å². The van der Waals surface area contributed by atoms with Gasteiger partial charge in [-0.3, -0.25) is 4.79 Å². The molecule has 21 heavy (non-hydrogen) atoms. The van der Waals surface area contributed by atoms with Gasteiger partial charge in [-0.25, -0.2) is 0 Å². The quantitative estimate of drug-likeness (QED) is 0.886. The zero-order chi connectivity index (χ0) is 14.4. The van der Waals surface area contributed by atoms with Crippen LogP contribution in [0.2, 0.25) is 0 Å². The summed E-state index contributed by atoms with van der Waals surface area (Å²) in [5.41, 5.74) is 2.10. The zero-order valence-electron chi connectivity index (χ0n) is 12.5. The van der Waals surface area contributed by atoms with E-state index in [9.17, 15) is 4.79 Å². The van der Waals surface area contributed by atoms with Crippen molar-refractivity contribution in [1.29, 1.82) is 0 Å². The molecule has 1 heterocycles. The average Bonchev–Trinajstić information content (AvgIpc) is 2.53. The van der Waals surface area contributed by atoms with Gasteiger partial charge in [0.2, 0.25) is 0 Å². The minimum absolute atomic E-state index is 0. The Balaban J connectivity index is 0.00000220. The van der Waals surface area contributed by atoms with Gasteiger partial charge in [0.25, 0.3) is 5.91 Å². The molecule has 1 N–H and O–H groups in total. The number of nitrogens with one attached hydrogen (secondary N) is 1. The van der Waals surface area contributed by atoms with E-state index >= 15 is 0 Å². The number of nitrogens with zero attached hydrogens (tertiary/aromatic N) is 1. The normalized spacial score (nSPS) is 15.3. The highest BCUT2D eigenvalue weighted by Crippen LogP contribution is 2.43. The van der Waals surface area contributed by atoms with Crippen molar-refractivity contribution in [2.24, 2.45) is 0 Å². The molecule has 118 valence electrons. The molecule has 0 spiro atoms. The summed E-state index contributed by atoms with van der Waals surface area (Å²) < 4.78 is 0.537. The lowest BCUT2D eigenvalue weighted by atomic mass is 10.1. The molecule has 0 atom stereocenters. The molecule has 0 bridgehead atoms. The molecule has 0 aliphatic carbocycles. The van der Waals surface area contributed by atoms with Crippen LogP contribution in [0, 0.1) is 0 Å². The maximum absolute atomic E-state index is 12.2. The number of carbonyl (C=O) groups is 1. The number of amides is 1. The Labute approximate surface area is 142 Å². The molecule has 0 aromatic heterocycles. The second kappa shape index (κ2) is 9.62. The van der Waals surface area contributed by atoms with E-state index in [-0.39, 0.29) is 18.3 Å². The third kappa shape index (κ3) is 5.40. The number of thioether (sulfide) groups is 2. The summed E-state index contributed by atoms with van der Waals surface area (Å²) in [5.74, 6) is 2.58. The van der Waals surface area contributed by atoms with Crippen molar-refractivity contribution >= 4 is 41.8 Å². The van der Waals surface area contributed by atoms with Crippen LogP contribution in [0.3, 0.4) is 0 Å². The van der Waals surface area contributed by atoms with Crippen LogP contribution in [0.25, 0.3) is 0 Å². The maximum Gasteiger partial charge on any atom is 0.253 e. The molecular formula is C15H23ClN2OS2. The number of hydrogen-bond acceptors (Lipinski definition) is 4. The van der Waals surface area contributed by atoms with Gasteiger partial charge in [0.1, 0.15) is 0 Å². The highest BCUT2D eigenvalue weighted by atomic mass is 35.5. The first-order chi connectivity index (χ1) is 9.72. The topological polar surface area (TPSA) is 32.3 Å². The summed E-state index contributed by atoms with van der Waals surface area (Å²) in [4.78, 5) is 14.0.